The van der Waals surface area contributed by atoms with Gasteiger partial charge in [0.15, 0.2) is 5.96 Å². The van der Waals surface area contributed by atoms with Gasteiger partial charge in [0.25, 0.3) is 0 Å². The van der Waals surface area contributed by atoms with Crippen LogP contribution < -0.4 is 10.6 Å². The van der Waals surface area contributed by atoms with Gasteiger partial charge < -0.3 is 20.3 Å². The first-order valence-electron chi connectivity index (χ1n) is 9.66. The van der Waals surface area contributed by atoms with E-state index in [1.807, 2.05) is 11.8 Å². The first-order valence-corrected chi connectivity index (χ1v) is 9.66. The van der Waals surface area contributed by atoms with E-state index in [-0.39, 0.29) is 29.9 Å². The first-order chi connectivity index (χ1) is 11.7. The lowest BCUT2D eigenvalue weighted by atomic mass is 10.1. The van der Waals surface area contributed by atoms with E-state index in [0.29, 0.717) is 11.9 Å². The molecule has 2 N–H and O–H groups in total. The lowest BCUT2D eigenvalue weighted by Gasteiger charge is -2.21. The van der Waals surface area contributed by atoms with Crippen molar-refractivity contribution >= 4 is 35.8 Å². The van der Waals surface area contributed by atoms with Crippen molar-refractivity contribution in [3.8, 4) is 0 Å². The Labute approximate surface area is 169 Å². The van der Waals surface area contributed by atoms with Crippen LogP contribution in [-0.4, -0.2) is 62.2 Å². The van der Waals surface area contributed by atoms with Crippen LogP contribution in [0, 0.1) is 5.92 Å². The third kappa shape index (κ3) is 7.68. The molecule has 0 radical (unpaired) electrons. The summed E-state index contributed by atoms with van der Waals surface area (Å²) in [7, 11) is 0. The van der Waals surface area contributed by atoms with Gasteiger partial charge in [0.05, 0.1) is 0 Å². The van der Waals surface area contributed by atoms with Crippen molar-refractivity contribution in [2.45, 2.75) is 58.4 Å². The first kappa shape index (κ1) is 22.5. The molecular weight excluding hydrogens is 431 g/mol. The summed E-state index contributed by atoms with van der Waals surface area (Å²) in [5.41, 5.74) is 0. The third-order valence-corrected chi connectivity index (χ3v) is 4.81. The van der Waals surface area contributed by atoms with Gasteiger partial charge in [0, 0.05) is 51.4 Å². The smallest absolute Gasteiger partial charge is 0.225 e. The largest absolute Gasteiger partial charge is 0.382 e. The molecule has 146 valence electrons. The van der Waals surface area contributed by atoms with Crippen LogP contribution in [0.2, 0.25) is 0 Å². The molecule has 0 bridgehead atoms. The molecule has 1 heterocycles. The van der Waals surface area contributed by atoms with E-state index in [0.717, 1.165) is 71.0 Å². The average molecular weight is 466 g/mol. The monoisotopic (exact) mass is 466 g/mol. The van der Waals surface area contributed by atoms with Crippen molar-refractivity contribution < 1.29 is 9.53 Å². The number of carbonyl (C=O) groups is 1. The van der Waals surface area contributed by atoms with Crippen molar-refractivity contribution in [3.63, 3.8) is 0 Å². The number of carbonyl (C=O) groups excluding carboxylic acids is 1. The Bertz CT molecular complexity index is 414. The zero-order valence-electron chi connectivity index (χ0n) is 15.8. The van der Waals surface area contributed by atoms with E-state index in [1.165, 1.54) is 12.8 Å². The second-order valence-electron chi connectivity index (χ2n) is 6.71. The van der Waals surface area contributed by atoms with Gasteiger partial charge >= 0.3 is 0 Å². The van der Waals surface area contributed by atoms with E-state index in [2.05, 4.69) is 22.5 Å². The molecule has 2 aliphatic rings. The molecule has 25 heavy (non-hydrogen) atoms. The average Bonchev–Trinajstić information content (AvgIpc) is 3.26. The standard InChI is InChI=1S/C18H34N4O2.HI/c1-3-19-18(20-11-7-13-24-4-2)21-16-10-12-22(14-16)17(23)15-8-5-6-9-15;/h15-16H,3-14H2,1-2H3,(H2,19,20,21);1H. The molecule has 0 aromatic heterocycles. The Hall–Kier alpha value is -0.570. The number of hydrogen-bond donors (Lipinski definition) is 2. The van der Waals surface area contributed by atoms with Crippen molar-refractivity contribution in [1.29, 1.82) is 0 Å². The van der Waals surface area contributed by atoms with Crippen molar-refractivity contribution in [3.05, 3.63) is 0 Å². The zero-order valence-corrected chi connectivity index (χ0v) is 18.1. The Morgan fingerprint density at radius 2 is 2.00 bits per heavy atom. The van der Waals surface area contributed by atoms with Crippen LogP contribution in [0.4, 0.5) is 0 Å². The van der Waals surface area contributed by atoms with Crippen LogP contribution in [0.3, 0.4) is 0 Å². The van der Waals surface area contributed by atoms with Crippen molar-refractivity contribution in [1.82, 2.24) is 15.5 Å². The van der Waals surface area contributed by atoms with E-state index < -0.39 is 0 Å². The highest BCUT2D eigenvalue weighted by Crippen LogP contribution is 2.27. The second kappa shape index (κ2) is 12.7. The number of guanidine groups is 1. The SMILES string of the molecule is CCNC(=NCCCOCC)NC1CCN(C(=O)C2CCCC2)C1.I. The summed E-state index contributed by atoms with van der Waals surface area (Å²) in [6.45, 7) is 8.87. The summed E-state index contributed by atoms with van der Waals surface area (Å²) in [6.07, 6.45) is 6.52. The molecule has 7 heteroatoms. The molecule has 1 saturated heterocycles. The van der Waals surface area contributed by atoms with Crippen LogP contribution in [0.5, 0.6) is 0 Å². The maximum Gasteiger partial charge on any atom is 0.225 e. The van der Waals surface area contributed by atoms with Crippen molar-refractivity contribution in [2.24, 2.45) is 10.9 Å². The quantitative estimate of drug-likeness (QED) is 0.250. The molecule has 1 aliphatic carbocycles. The number of nitrogens with zero attached hydrogens (tertiary/aromatic N) is 2. The molecule has 1 saturated carbocycles. The lowest BCUT2D eigenvalue weighted by Crippen LogP contribution is -2.45. The van der Waals surface area contributed by atoms with Crippen LogP contribution in [-0.2, 0) is 9.53 Å². The Morgan fingerprint density at radius 1 is 1.24 bits per heavy atom. The molecule has 1 atom stereocenters. The van der Waals surface area contributed by atoms with E-state index in [1.54, 1.807) is 0 Å². The molecule has 1 unspecified atom stereocenters. The van der Waals surface area contributed by atoms with Crippen LogP contribution >= 0.6 is 24.0 Å². The predicted molar refractivity (Wildman–Crippen MR) is 113 cm³/mol. The Kier molecular flexibility index (Phi) is 11.4. The highest BCUT2D eigenvalue weighted by molar-refractivity contribution is 14.0. The summed E-state index contributed by atoms with van der Waals surface area (Å²) in [4.78, 5) is 19.2. The fraction of sp³-hybridized carbons (Fsp3) is 0.889. The normalized spacial score (nSPS) is 21.3. The minimum absolute atomic E-state index is 0. The second-order valence-corrected chi connectivity index (χ2v) is 6.71. The van der Waals surface area contributed by atoms with E-state index in [4.69, 9.17) is 4.74 Å². The highest BCUT2D eigenvalue weighted by Gasteiger charge is 2.32. The molecular formula is C18H35IN4O2. The van der Waals surface area contributed by atoms with Gasteiger partial charge in [-0.3, -0.25) is 9.79 Å². The molecule has 0 aromatic rings. The van der Waals surface area contributed by atoms with Gasteiger partial charge in [-0.15, -0.1) is 24.0 Å². The number of hydrogen-bond acceptors (Lipinski definition) is 3. The topological polar surface area (TPSA) is 66.0 Å². The lowest BCUT2D eigenvalue weighted by molar-refractivity contribution is -0.134. The van der Waals surface area contributed by atoms with Gasteiger partial charge in [-0.2, -0.15) is 0 Å². The highest BCUT2D eigenvalue weighted by atomic mass is 127. The summed E-state index contributed by atoms with van der Waals surface area (Å²) < 4.78 is 5.34. The van der Waals surface area contributed by atoms with Crippen LogP contribution in [0.1, 0.15) is 52.4 Å². The molecule has 0 spiro atoms. The van der Waals surface area contributed by atoms with Gasteiger partial charge in [-0.1, -0.05) is 12.8 Å². The summed E-state index contributed by atoms with van der Waals surface area (Å²) >= 11 is 0. The Balaban J connectivity index is 0.00000312. The number of aliphatic imine (C=N–C) groups is 1. The van der Waals surface area contributed by atoms with Gasteiger partial charge in [0.1, 0.15) is 0 Å². The van der Waals surface area contributed by atoms with Crippen molar-refractivity contribution in [2.75, 3.05) is 39.4 Å². The summed E-state index contributed by atoms with van der Waals surface area (Å²) in [6, 6.07) is 0.306. The molecule has 2 rings (SSSR count). The fourth-order valence-electron chi connectivity index (χ4n) is 3.52. The van der Waals surface area contributed by atoms with E-state index in [9.17, 15) is 4.79 Å². The van der Waals surface area contributed by atoms with Crippen LogP contribution in [0.25, 0.3) is 0 Å². The van der Waals surface area contributed by atoms with Gasteiger partial charge in [-0.05, 0) is 39.5 Å². The molecule has 1 aliphatic heterocycles. The van der Waals surface area contributed by atoms with E-state index >= 15 is 0 Å². The molecule has 6 nitrogen and oxygen atoms in total. The predicted octanol–water partition coefficient (Wildman–Crippen LogP) is 2.38. The number of amides is 1. The minimum Gasteiger partial charge on any atom is -0.382 e. The van der Waals surface area contributed by atoms with Gasteiger partial charge in [-0.25, -0.2) is 0 Å². The summed E-state index contributed by atoms with van der Waals surface area (Å²) in [5.74, 6) is 1.51. The minimum atomic E-state index is 0. The van der Waals surface area contributed by atoms with Gasteiger partial charge in [0.2, 0.25) is 5.91 Å². The van der Waals surface area contributed by atoms with Crippen LogP contribution in [0.15, 0.2) is 4.99 Å². The fourth-order valence-corrected chi connectivity index (χ4v) is 3.52. The molecule has 2 fully saturated rings. The number of ether oxygens (including phenoxy) is 1. The Morgan fingerprint density at radius 3 is 2.68 bits per heavy atom. The number of halogens is 1. The number of nitrogens with one attached hydrogen (secondary N) is 2. The third-order valence-electron chi connectivity index (χ3n) is 4.81. The maximum absolute atomic E-state index is 12.5. The number of likely N-dealkylation sites (tertiary alicyclic amines) is 1. The maximum atomic E-state index is 12.5. The summed E-state index contributed by atoms with van der Waals surface area (Å²) in [5, 5.41) is 6.78. The molecule has 0 aromatic carbocycles. The molecule has 1 amide bonds. The number of rotatable bonds is 8. The zero-order chi connectivity index (χ0) is 17.2.